The lowest BCUT2D eigenvalue weighted by Gasteiger charge is -2.16. The maximum atomic E-state index is 11.9. The lowest BCUT2D eigenvalue weighted by Crippen LogP contribution is -2.39. The summed E-state index contributed by atoms with van der Waals surface area (Å²) in [5.41, 5.74) is 0.836. The van der Waals surface area contributed by atoms with Crippen molar-refractivity contribution in [2.24, 2.45) is 4.99 Å². The van der Waals surface area contributed by atoms with Gasteiger partial charge in [0, 0.05) is 13.1 Å². The summed E-state index contributed by atoms with van der Waals surface area (Å²) in [4.78, 5) is 4.80. The third-order valence-electron chi connectivity index (χ3n) is 4.79. The van der Waals surface area contributed by atoms with Gasteiger partial charge in [-0.1, -0.05) is 37.8 Å². The summed E-state index contributed by atoms with van der Waals surface area (Å²) < 4.78 is 32.2. The second-order valence-electron chi connectivity index (χ2n) is 6.96. The van der Waals surface area contributed by atoms with Gasteiger partial charge in [-0.3, -0.25) is 0 Å². The Balaban J connectivity index is 1.85. The van der Waals surface area contributed by atoms with Gasteiger partial charge >= 0.3 is 0 Å². The fraction of sp³-hybridized carbons (Fsp3) is 0.650. The van der Waals surface area contributed by atoms with Crippen LogP contribution in [0.5, 0.6) is 0 Å². The van der Waals surface area contributed by atoms with E-state index >= 15 is 0 Å². The van der Waals surface area contributed by atoms with Crippen molar-refractivity contribution in [3.8, 4) is 0 Å². The molecule has 0 unspecified atom stereocenters. The summed E-state index contributed by atoms with van der Waals surface area (Å²) in [6.45, 7) is 4.51. The standard InChI is InChI=1S/C20H34N4O3S/c1-3-22-20(23-13-14-27-18-10-6-4-5-7-11-18)24-16-17-9-8-12-19(15-17)28(25,26)21-2/h8-9,12,15,18,21H,3-7,10-11,13-14,16H2,1-2H3,(H2,22,23,24). The van der Waals surface area contributed by atoms with Crippen LogP contribution in [0.3, 0.4) is 0 Å². The van der Waals surface area contributed by atoms with Gasteiger partial charge in [0.2, 0.25) is 10.0 Å². The van der Waals surface area contributed by atoms with Gasteiger partial charge in [-0.05, 0) is 44.5 Å². The first-order chi connectivity index (χ1) is 13.5. The first-order valence-electron chi connectivity index (χ1n) is 10.2. The Bertz CT molecular complexity index is 714. The molecule has 8 heteroatoms. The third kappa shape index (κ3) is 7.77. The molecule has 1 fully saturated rings. The number of rotatable bonds is 9. The molecule has 2 rings (SSSR count). The Morgan fingerprint density at radius 3 is 2.61 bits per heavy atom. The number of guanidine groups is 1. The smallest absolute Gasteiger partial charge is 0.240 e. The average Bonchev–Trinajstić information content (AvgIpc) is 2.98. The van der Waals surface area contributed by atoms with E-state index in [9.17, 15) is 8.42 Å². The van der Waals surface area contributed by atoms with E-state index < -0.39 is 10.0 Å². The third-order valence-corrected chi connectivity index (χ3v) is 6.20. The number of nitrogens with one attached hydrogen (secondary N) is 3. The normalized spacial score (nSPS) is 16.6. The van der Waals surface area contributed by atoms with Crippen molar-refractivity contribution < 1.29 is 13.2 Å². The molecule has 0 bridgehead atoms. The number of hydrogen-bond donors (Lipinski definition) is 3. The zero-order valence-corrected chi connectivity index (χ0v) is 17.9. The Hall–Kier alpha value is -1.64. The van der Waals surface area contributed by atoms with E-state index in [1.54, 1.807) is 18.2 Å². The summed E-state index contributed by atoms with van der Waals surface area (Å²) in [6.07, 6.45) is 7.91. The highest BCUT2D eigenvalue weighted by Crippen LogP contribution is 2.19. The lowest BCUT2D eigenvalue weighted by atomic mass is 10.1. The average molecular weight is 411 g/mol. The molecule has 1 aromatic rings. The maximum absolute atomic E-state index is 11.9. The predicted octanol–water partition coefficient (Wildman–Crippen LogP) is 2.39. The molecule has 1 aliphatic rings. The molecule has 3 N–H and O–H groups in total. The van der Waals surface area contributed by atoms with Crippen LogP contribution in [0.4, 0.5) is 0 Å². The minimum absolute atomic E-state index is 0.248. The predicted molar refractivity (Wildman–Crippen MR) is 113 cm³/mol. The van der Waals surface area contributed by atoms with Crippen molar-refractivity contribution in [2.45, 2.75) is 63.0 Å². The molecule has 0 aliphatic heterocycles. The van der Waals surface area contributed by atoms with Crippen molar-refractivity contribution in [3.05, 3.63) is 29.8 Å². The van der Waals surface area contributed by atoms with Gasteiger partial charge in [0.1, 0.15) is 0 Å². The zero-order valence-electron chi connectivity index (χ0n) is 17.0. The fourth-order valence-corrected chi connectivity index (χ4v) is 4.04. The van der Waals surface area contributed by atoms with Crippen LogP contribution in [0.15, 0.2) is 34.2 Å². The lowest BCUT2D eigenvalue weighted by molar-refractivity contribution is 0.0468. The van der Waals surface area contributed by atoms with Gasteiger partial charge in [-0.25, -0.2) is 18.1 Å². The Labute approximate surface area is 169 Å². The van der Waals surface area contributed by atoms with Crippen LogP contribution in [0.2, 0.25) is 0 Å². The number of ether oxygens (including phenoxy) is 1. The van der Waals surface area contributed by atoms with E-state index in [0.29, 0.717) is 31.8 Å². The molecule has 0 aromatic heterocycles. The van der Waals surface area contributed by atoms with Crippen molar-refractivity contribution >= 4 is 16.0 Å². The molecule has 0 spiro atoms. The molecule has 7 nitrogen and oxygen atoms in total. The number of sulfonamides is 1. The van der Waals surface area contributed by atoms with Crippen LogP contribution >= 0.6 is 0 Å². The highest BCUT2D eigenvalue weighted by molar-refractivity contribution is 7.89. The van der Waals surface area contributed by atoms with Crippen LogP contribution in [-0.2, 0) is 21.3 Å². The summed E-state index contributed by atoms with van der Waals surface area (Å²) in [5, 5.41) is 6.50. The quantitative estimate of drug-likeness (QED) is 0.252. The van der Waals surface area contributed by atoms with Gasteiger partial charge in [0.05, 0.1) is 24.2 Å². The minimum atomic E-state index is -3.45. The van der Waals surface area contributed by atoms with Crippen molar-refractivity contribution in [2.75, 3.05) is 26.7 Å². The molecule has 0 radical (unpaired) electrons. The van der Waals surface area contributed by atoms with Crippen LogP contribution in [0, 0.1) is 0 Å². The zero-order chi connectivity index (χ0) is 20.2. The topological polar surface area (TPSA) is 91.8 Å². The number of nitrogens with zero attached hydrogens (tertiary/aromatic N) is 1. The van der Waals surface area contributed by atoms with Crippen LogP contribution in [0.1, 0.15) is 51.0 Å². The van der Waals surface area contributed by atoms with Crippen LogP contribution in [0.25, 0.3) is 0 Å². The maximum Gasteiger partial charge on any atom is 0.240 e. The molecular formula is C20H34N4O3S. The number of benzene rings is 1. The van der Waals surface area contributed by atoms with Crippen molar-refractivity contribution in [1.29, 1.82) is 0 Å². The van der Waals surface area contributed by atoms with Gasteiger partial charge in [0.25, 0.3) is 0 Å². The number of hydrogen-bond acceptors (Lipinski definition) is 4. The molecule has 1 aliphatic carbocycles. The van der Waals surface area contributed by atoms with E-state index in [-0.39, 0.29) is 4.90 Å². The first kappa shape index (κ1) is 22.6. The van der Waals surface area contributed by atoms with Gasteiger partial charge < -0.3 is 15.4 Å². The molecular weight excluding hydrogens is 376 g/mol. The van der Waals surface area contributed by atoms with Gasteiger partial charge in [-0.2, -0.15) is 0 Å². The van der Waals surface area contributed by atoms with E-state index in [2.05, 4.69) is 20.3 Å². The summed E-state index contributed by atoms with van der Waals surface area (Å²) >= 11 is 0. The molecule has 0 amide bonds. The largest absolute Gasteiger partial charge is 0.376 e. The van der Waals surface area contributed by atoms with E-state index in [4.69, 9.17) is 4.74 Å². The molecule has 1 saturated carbocycles. The first-order valence-corrected chi connectivity index (χ1v) is 11.7. The van der Waals surface area contributed by atoms with E-state index in [0.717, 1.165) is 12.1 Å². The van der Waals surface area contributed by atoms with Crippen LogP contribution < -0.4 is 15.4 Å². The second kappa shape index (κ2) is 12.0. The van der Waals surface area contributed by atoms with Crippen molar-refractivity contribution in [3.63, 3.8) is 0 Å². The molecule has 158 valence electrons. The van der Waals surface area contributed by atoms with E-state index in [1.807, 2.05) is 13.0 Å². The van der Waals surface area contributed by atoms with Crippen LogP contribution in [-0.4, -0.2) is 47.2 Å². The Morgan fingerprint density at radius 2 is 1.93 bits per heavy atom. The summed E-state index contributed by atoms with van der Waals surface area (Å²) in [6, 6.07) is 6.83. The molecule has 28 heavy (non-hydrogen) atoms. The monoisotopic (exact) mass is 410 g/mol. The number of aliphatic imine (C=N–C) groups is 1. The highest BCUT2D eigenvalue weighted by Gasteiger charge is 2.13. The summed E-state index contributed by atoms with van der Waals surface area (Å²) in [7, 11) is -2.04. The van der Waals surface area contributed by atoms with Gasteiger partial charge in [-0.15, -0.1) is 0 Å². The fourth-order valence-electron chi connectivity index (χ4n) is 3.24. The SMILES string of the molecule is CCNC(=NCc1cccc(S(=O)(=O)NC)c1)NCCOC1CCCCCC1. The van der Waals surface area contributed by atoms with Gasteiger partial charge in [0.15, 0.2) is 5.96 Å². The molecule has 1 aromatic carbocycles. The molecule has 0 atom stereocenters. The molecule has 0 heterocycles. The van der Waals surface area contributed by atoms with Crippen molar-refractivity contribution in [1.82, 2.24) is 15.4 Å². The minimum Gasteiger partial charge on any atom is -0.376 e. The Kier molecular flexibility index (Phi) is 9.73. The second-order valence-corrected chi connectivity index (χ2v) is 8.85. The van der Waals surface area contributed by atoms with E-state index in [1.165, 1.54) is 45.6 Å². The highest BCUT2D eigenvalue weighted by atomic mass is 32.2. The summed E-state index contributed by atoms with van der Waals surface area (Å²) in [5.74, 6) is 0.703. The molecule has 0 saturated heterocycles. The Morgan fingerprint density at radius 1 is 1.18 bits per heavy atom.